The molecule has 1 saturated heterocycles. The van der Waals surface area contributed by atoms with Crippen molar-refractivity contribution in [2.24, 2.45) is 11.3 Å². The normalized spacial score (nSPS) is 28.7. The molecule has 0 aromatic carbocycles. The lowest BCUT2D eigenvalue weighted by molar-refractivity contribution is 0.340. The Morgan fingerprint density at radius 3 is 2.57 bits per heavy atom. The SMILES string of the molecule is CC(NCC1CCSCC1)C1(C)CC1. The zero-order valence-electron chi connectivity index (χ0n) is 9.51. The first-order valence-corrected chi connectivity index (χ1v) is 7.17. The van der Waals surface area contributed by atoms with Crippen LogP contribution >= 0.6 is 11.8 Å². The summed E-state index contributed by atoms with van der Waals surface area (Å²) < 4.78 is 0. The molecule has 0 aromatic heterocycles. The van der Waals surface area contributed by atoms with Gasteiger partial charge in [0.2, 0.25) is 0 Å². The van der Waals surface area contributed by atoms with Gasteiger partial charge in [0.15, 0.2) is 0 Å². The van der Waals surface area contributed by atoms with Crippen LogP contribution in [0.1, 0.15) is 39.5 Å². The first-order valence-electron chi connectivity index (χ1n) is 6.02. The fourth-order valence-electron chi connectivity index (χ4n) is 2.17. The average molecular weight is 213 g/mol. The summed E-state index contributed by atoms with van der Waals surface area (Å²) in [6.45, 7) is 6.04. The third-order valence-corrected chi connectivity index (χ3v) is 5.19. The molecule has 1 atom stereocenters. The molecule has 1 heterocycles. The molecule has 2 rings (SSSR count). The zero-order valence-corrected chi connectivity index (χ0v) is 10.3. The lowest BCUT2D eigenvalue weighted by atomic mass is 9.98. The molecule has 1 N–H and O–H groups in total. The lowest BCUT2D eigenvalue weighted by Crippen LogP contribution is -2.37. The van der Waals surface area contributed by atoms with Crippen LogP contribution in [-0.2, 0) is 0 Å². The smallest absolute Gasteiger partial charge is 0.00926 e. The number of rotatable bonds is 4. The molecule has 1 aliphatic heterocycles. The second-order valence-corrected chi connectivity index (χ2v) is 6.56. The van der Waals surface area contributed by atoms with Crippen LogP contribution in [0.5, 0.6) is 0 Å². The molecule has 0 aromatic rings. The van der Waals surface area contributed by atoms with Gasteiger partial charge < -0.3 is 5.32 Å². The van der Waals surface area contributed by atoms with E-state index in [1.165, 1.54) is 43.7 Å². The van der Waals surface area contributed by atoms with E-state index in [-0.39, 0.29) is 0 Å². The lowest BCUT2D eigenvalue weighted by Gasteiger charge is -2.26. The minimum atomic E-state index is 0.642. The minimum absolute atomic E-state index is 0.642. The Morgan fingerprint density at radius 2 is 2.00 bits per heavy atom. The summed E-state index contributed by atoms with van der Waals surface area (Å²) in [5.74, 6) is 3.73. The van der Waals surface area contributed by atoms with Crippen molar-refractivity contribution in [2.75, 3.05) is 18.1 Å². The molecule has 82 valence electrons. The predicted octanol–water partition coefficient (Wildman–Crippen LogP) is 2.91. The molecule has 1 unspecified atom stereocenters. The Labute approximate surface area is 92.4 Å². The Hall–Kier alpha value is 0.310. The molecule has 0 bridgehead atoms. The maximum Gasteiger partial charge on any atom is 0.00926 e. The van der Waals surface area contributed by atoms with Gasteiger partial charge >= 0.3 is 0 Å². The second kappa shape index (κ2) is 4.44. The van der Waals surface area contributed by atoms with Crippen LogP contribution in [0.2, 0.25) is 0 Å². The second-order valence-electron chi connectivity index (χ2n) is 5.34. The Bertz CT molecular complexity index is 183. The number of hydrogen-bond acceptors (Lipinski definition) is 2. The largest absolute Gasteiger partial charge is 0.313 e. The average Bonchev–Trinajstić information content (AvgIpc) is 2.96. The molecule has 2 aliphatic rings. The van der Waals surface area contributed by atoms with Crippen LogP contribution in [0.15, 0.2) is 0 Å². The quantitative estimate of drug-likeness (QED) is 0.770. The molecule has 1 nitrogen and oxygen atoms in total. The summed E-state index contributed by atoms with van der Waals surface area (Å²) in [5, 5.41) is 3.75. The van der Waals surface area contributed by atoms with Crippen LogP contribution in [0.4, 0.5) is 0 Å². The molecule has 0 amide bonds. The van der Waals surface area contributed by atoms with E-state index in [0.29, 0.717) is 5.41 Å². The van der Waals surface area contributed by atoms with Crippen molar-refractivity contribution in [3.63, 3.8) is 0 Å². The van der Waals surface area contributed by atoms with Gasteiger partial charge in [0.1, 0.15) is 0 Å². The van der Waals surface area contributed by atoms with Crippen LogP contribution in [0, 0.1) is 11.3 Å². The first-order chi connectivity index (χ1) is 6.71. The van der Waals surface area contributed by atoms with Crippen LogP contribution in [-0.4, -0.2) is 24.1 Å². The van der Waals surface area contributed by atoms with Crippen LogP contribution in [0.25, 0.3) is 0 Å². The molecule has 2 heteroatoms. The molecule has 0 spiro atoms. The fraction of sp³-hybridized carbons (Fsp3) is 1.00. The summed E-state index contributed by atoms with van der Waals surface area (Å²) >= 11 is 2.12. The van der Waals surface area contributed by atoms with Gasteiger partial charge in [-0.15, -0.1) is 0 Å². The van der Waals surface area contributed by atoms with Gasteiger partial charge in [-0.1, -0.05) is 6.92 Å². The highest BCUT2D eigenvalue weighted by Gasteiger charge is 2.42. The van der Waals surface area contributed by atoms with Gasteiger partial charge in [-0.25, -0.2) is 0 Å². The van der Waals surface area contributed by atoms with E-state index in [9.17, 15) is 0 Å². The summed E-state index contributed by atoms with van der Waals surface area (Å²) in [6, 6.07) is 0.733. The van der Waals surface area contributed by atoms with Gasteiger partial charge in [-0.2, -0.15) is 11.8 Å². The minimum Gasteiger partial charge on any atom is -0.313 e. The molecule has 2 fully saturated rings. The van der Waals surface area contributed by atoms with E-state index in [1.807, 2.05) is 0 Å². The zero-order chi connectivity index (χ0) is 10.0. The standard InChI is InChI=1S/C12H23NS/c1-10(12(2)5-6-12)13-9-11-3-7-14-8-4-11/h10-11,13H,3-9H2,1-2H3. The van der Waals surface area contributed by atoms with Crippen LogP contribution in [0.3, 0.4) is 0 Å². The summed E-state index contributed by atoms with van der Waals surface area (Å²) in [5.41, 5.74) is 0.642. The Balaban J connectivity index is 1.65. The van der Waals surface area contributed by atoms with Crippen molar-refractivity contribution >= 4 is 11.8 Å². The third kappa shape index (κ3) is 2.66. The van der Waals surface area contributed by atoms with Crippen molar-refractivity contribution in [3.05, 3.63) is 0 Å². The van der Waals surface area contributed by atoms with E-state index in [2.05, 4.69) is 30.9 Å². The van der Waals surface area contributed by atoms with Crippen molar-refractivity contribution in [1.29, 1.82) is 0 Å². The van der Waals surface area contributed by atoms with Gasteiger partial charge in [0.05, 0.1) is 0 Å². The first kappa shape index (κ1) is 10.8. The van der Waals surface area contributed by atoms with Crippen molar-refractivity contribution in [3.8, 4) is 0 Å². The summed E-state index contributed by atoms with van der Waals surface area (Å²) in [7, 11) is 0. The highest BCUT2D eigenvalue weighted by molar-refractivity contribution is 7.99. The van der Waals surface area contributed by atoms with Crippen molar-refractivity contribution in [2.45, 2.75) is 45.6 Å². The van der Waals surface area contributed by atoms with E-state index in [0.717, 1.165) is 12.0 Å². The number of thioether (sulfide) groups is 1. The highest BCUT2D eigenvalue weighted by Crippen LogP contribution is 2.47. The molecular formula is C12H23NS. The van der Waals surface area contributed by atoms with Crippen molar-refractivity contribution < 1.29 is 0 Å². The van der Waals surface area contributed by atoms with E-state index >= 15 is 0 Å². The van der Waals surface area contributed by atoms with Crippen LogP contribution < -0.4 is 5.32 Å². The molecule has 14 heavy (non-hydrogen) atoms. The Morgan fingerprint density at radius 1 is 1.36 bits per heavy atom. The number of hydrogen-bond donors (Lipinski definition) is 1. The Kier molecular flexibility index (Phi) is 3.43. The fourth-order valence-corrected chi connectivity index (χ4v) is 3.37. The van der Waals surface area contributed by atoms with E-state index in [4.69, 9.17) is 0 Å². The molecule has 0 radical (unpaired) electrons. The molecule has 1 saturated carbocycles. The predicted molar refractivity (Wildman–Crippen MR) is 64.9 cm³/mol. The van der Waals surface area contributed by atoms with E-state index < -0.39 is 0 Å². The van der Waals surface area contributed by atoms with Gasteiger partial charge in [0.25, 0.3) is 0 Å². The monoisotopic (exact) mass is 213 g/mol. The van der Waals surface area contributed by atoms with Crippen molar-refractivity contribution in [1.82, 2.24) is 5.32 Å². The maximum absolute atomic E-state index is 3.75. The maximum atomic E-state index is 3.75. The highest BCUT2D eigenvalue weighted by atomic mass is 32.2. The topological polar surface area (TPSA) is 12.0 Å². The summed E-state index contributed by atoms with van der Waals surface area (Å²) in [4.78, 5) is 0. The van der Waals surface area contributed by atoms with E-state index in [1.54, 1.807) is 0 Å². The molecule has 1 aliphatic carbocycles. The number of nitrogens with one attached hydrogen (secondary N) is 1. The van der Waals surface area contributed by atoms with Gasteiger partial charge in [-0.3, -0.25) is 0 Å². The van der Waals surface area contributed by atoms with Gasteiger partial charge in [-0.05, 0) is 62.0 Å². The summed E-state index contributed by atoms with van der Waals surface area (Å²) in [6.07, 6.45) is 5.73. The third-order valence-electron chi connectivity index (χ3n) is 4.14. The molecular weight excluding hydrogens is 190 g/mol. The van der Waals surface area contributed by atoms with Gasteiger partial charge in [0, 0.05) is 6.04 Å².